The molecule has 0 radical (unpaired) electrons. The number of hydrogen-bond donors (Lipinski definition) is 1. The van der Waals surface area contributed by atoms with Crippen molar-refractivity contribution in [3.8, 4) is 0 Å². The van der Waals surface area contributed by atoms with E-state index in [4.69, 9.17) is 11.6 Å². The van der Waals surface area contributed by atoms with E-state index in [1.807, 2.05) is 12.2 Å². The molecule has 0 aromatic heterocycles. The molecule has 0 aliphatic heterocycles. The number of carbonyl (C=O) groups excluding carboxylic acids is 1. The predicted molar refractivity (Wildman–Crippen MR) is 89.0 cm³/mol. The molecule has 0 aromatic rings. The molecule has 0 bridgehead atoms. The molecular formula is C18H28ClNO. The van der Waals surface area contributed by atoms with E-state index in [0.29, 0.717) is 5.92 Å². The summed E-state index contributed by atoms with van der Waals surface area (Å²) >= 11 is 6.05. The Kier molecular flexibility index (Phi) is 5.92. The lowest BCUT2D eigenvalue weighted by Crippen LogP contribution is -2.42. The van der Waals surface area contributed by atoms with Crippen molar-refractivity contribution in [1.82, 2.24) is 5.32 Å². The fraction of sp³-hybridized carbons (Fsp3) is 0.722. The highest BCUT2D eigenvalue weighted by Crippen LogP contribution is 2.41. The van der Waals surface area contributed by atoms with Crippen molar-refractivity contribution >= 4 is 17.5 Å². The Morgan fingerprint density at radius 1 is 1.33 bits per heavy atom. The van der Waals surface area contributed by atoms with Gasteiger partial charge in [0.05, 0.1) is 0 Å². The Labute approximate surface area is 134 Å². The van der Waals surface area contributed by atoms with E-state index in [1.54, 1.807) is 0 Å². The topological polar surface area (TPSA) is 29.1 Å². The first-order valence-electron chi connectivity index (χ1n) is 8.39. The molecule has 1 fully saturated rings. The smallest absolute Gasteiger partial charge is 0.230 e. The Balaban J connectivity index is 2.05. The van der Waals surface area contributed by atoms with Crippen LogP contribution in [-0.2, 0) is 4.79 Å². The third-order valence-electron chi connectivity index (χ3n) is 4.83. The van der Waals surface area contributed by atoms with Crippen molar-refractivity contribution in [2.24, 2.45) is 11.3 Å². The maximum Gasteiger partial charge on any atom is 0.230 e. The van der Waals surface area contributed by atoms with Crippen molar-refractivity contribution in [1.29, 1.82) is 0 Å². The SMILES string of the molecule is CC(C)CCC1(C(=O)NC2=CC(Cl)=CCC2)CCCCC1. The number of halogens is 1. The number of allylic oxidation sites excluding steroid dienone is 4. The fourth-order valence-corrected chi connectivity index (χ4v) is 3.67. The van der Waals surface area contributed by atoms with Gasteiger partial charge in [-0.1, -0.05) is 50.8 Å². The summed E-state index contributed by atoms with van der Waals surface area (Å²) in [4.78, 5) is 12.9. The predicted octanol–water partition coefficient (Wildman–Crippen LogP) is 5.29. The van der Waals surface area contributed by atoms with Crippen LogP contribution >= 0.6 is 11.6 Å². The molecule has 2 aliphatic rings. The summed E-state index contributed by atoms with van der Waals surface area (Å²) < 4.78 is 0. The molecular weight excluding hydrogens is 282 g/mol. The van der Waals surface area contributed by atoms with Crippen LogP contribution in [0.1, 0.15) is 71.6 Å². The molecule has 3 heteroatoms. The maximum absolute atomic E-state index is 12.9. The van der Waals surface area contributed by atoms with Crippen LogP contribution in [-0.4, -0.2) is 5.91 Å². The number of hydrogen-bond acceptors (Lipinski definition) is 1. The molecule has 1 saturated carbocycles. The zero-order valence-corrected chi connectivity index (χ0v) is 14.1. The molecule has 1 N–H and O–H groups in total. The lowest BCUT2D eigenvalue weighted by atomic mass is 9.69. The van der Waals surface area contributed by atoms with Gasteiger partial charge in [0.1, 0.15) is 0 Å². The highest BCUT2D eigenvalue weighted by Gasteiger charge is 2.39. The quantitative estimate of drug-likeness (QED) is 0.734. The van der Waals surface area contributed by atoms with E-state index >= 15 is 0 Å². The summed E-state index contributed by atoms with van der Waals surface area (Å²) in [5, 5.41) is 3.93. The van der Waals surface area contributed by atoms with Gasteiger partial charge in [-0.05, 0) is 50.5 Å². The van der Waals surface area contributed by atoms with Gasteiger partial charge in [-0.25, -0.2) is 0 Å². The first-order chi connectivity index (χ1) is 10.0. The van der Waals surface area contributed by atoms with Gasteiger partial charge in [0.2, 0.25) is 5.91 Å². The van der Waals surface area contributed by atoms with Crippen molar-refractivity contribution in [2.75, 3.05) is 0 Å². The zero-order valence-electron chi connectivity index (χ0n) is 13.4. The molecule has 0 heterocycles. The minimum Gasteiger partial charge on any atom is -0.329 e. The number of nitrogens with one attached hydrogen (secondary N) is 1. The maximum atomic E-state index is 12.9. The van der Waals surface area contributed by atoms with Crippen LogP contribution in [0.3, 0.4) is 0 Å². The summed E-state index contributed by atoms with van der Waals surface area (Å²) in [6.45, 7) is 4.48. The molecule has 2 nitrogen and oxygen atoms in total. The van der Waals surface area contributed by atoms with E-state index in [9.17, 15) is 4.79 Å². The van der Waals surface area contributed by atoms with Crippen LogP contribution in [0.25, 0.3) is 0 Å². The molecule has 0 spiro atoms. The summed E-state index contributed by atoms with van der Waals surface area (Å²) in [5.41, 5.74) is 0.846. The number of rotatable bonds is 5. The van der Waals surface area contributed by atoms with Gasteiger partial charge in [0.15, 0.2) is 0 Å². The van der Waals surface area contributed by atoms with E-state index < -0.39 is 0 Å². The summed E-state index contributed by atoms with van der Waals surface area (Å²) in [7, 11) is 0. The lowest BCUT2D eigenvalue weighted by Gasteiger charge is -2.37. The largest absolute Gasteiger partial charge is 0.329 e. The zero-order chi connectivity index (χ0) is 15.3. The van der Waals surface area contributed by atoms with Crippen LogP contribution in [0.4, 0.5) is 0 Å². The number of carbonyl (C=O) groups is 1. The minimum absolute atomic E-state index is 0.142. The van der Waals surface area contributed by atoms with E-state index in [2.05, 4.69) is 19.2 Å². The first kappa shape index (κ1) is 16.6. The van der Waals surface area contributed by atoms with Crippen LogP contribution in [0.5, 0.6) is 0 Å². The second kappa shape index (κ2) is 7.49. The summed E-state index contributed by atoms with van der Waals surface area (Å²) in [5.74, 6) is 0.892. The molecule has 2 rings (SSSR count). The van der Waals surface area contributed by atoms with Gasteiger partial charge in [-0.15, -0.1) is 0 Å². The van der Waals surface area contributed by atoms with Crippen molar-refractivity contribution in [3.05, 3.63) is 22.9 Å². The normalized spacial score (nSPS) is 21.7. The minimum atomic E-state index is -0.142. The van der Waals surface area contributed by atoms with Crippen molar-refractivity contribution in [2.45, 2.75) is 71.6 Å². The molecule has 118 valence electrons. The monoisotopic (exact) mass is 309 g/mol. The van der Waals surface area contributed by atoms with Gasteiger partial charge in [-0.2, -0.15) is 0 Å². The van der Waals surface area contributed by atoms with Gasteiger partial charge < -0.3 is 5.32 Å². The van der Waals surface area contributed by atoms with Gasteiger partial charge >= 0.3 is 0 Å². The highest BCUT2D eigenvalue weighted by molar-refractivity contribution is 6.31. The Morgan fingerprint density at radius 2 is 2.05 bits per heavy atom. The molecule has 0 unspecified atom stereocenters. The van der Waals surface area contributed by atoms with Gasteiger partial charge in [-0.3, -0.25) is 4.79 Å². The lowest BCUT2D eigenvalue weighted by molar-refractivity contribution is -0.133. The van der Waals surface area contributed by atoms with Crippen LogP contribution < -0.4 is 5.32 Å². The molecule has 0 saturated heterocycles. The molecule has 2 aliphatic carbocycles. The second-order valence-electron chi connectivity index (χ2n) is 7.02. The molecule has 1 amide bonds. The first-order valence-corrected chi connectivity index (χ1v) is 8.77. The third kappa shape index (κ3) is 4.60. The molecule has 0 aromatic carbocycles. The molecule has 21 heavy (non-hydrogen) atoms. The van der Waals surface area contributed by atoms with Gasteiger partial charge in [0.25, 0.3) is 0 Å². The van der Waals surface area contributed by atoms with E-state index in [0.717, 1.165) is 49.3 Å². The molecule has 0 atom stereocenters. The third-order valence-corrected chi connectivity index (χ3v) is 5.10. The van der Waals surface area contributed by atoms with Crippen molar-refractivity contribution in [3.63, 3.8) is 0 Å². The second-order valence-corrected chi connectivity index (χ2v) is 7.46. The summed E-state index contributed by atoms with van der Waals surface area (Å²) in [6.07, 6.45) is 13.6. The Morgan fingerprint density at radius 3 is 2.67 bits per heavy atom. The van der Waals surface area contributed by atoms with Crippen LogP contribution in [0.15, 0.2) is 22.9 Å². The van der Waals surface area contributed by atoms with E-state index in [1.165, 1.54) is 19.3 Å². The standard InChI is InChI=1S/C18H28ClNO/c1-14(2)9-12-18(10-4-3-5-11-18)17(21)20-16-8-6-7-15(19)13-16/h7,13-14H,3-6,8-12H2,1-2H3,(H,20,21). The van der Waals surface area contributed by atoms with Crippen LogP contribution in [0.2, 0.25) is 0 Å². The van der Waals surface area contributed by atoms with Gasteiger partial charge in [0, 0.05) is 16.1 Å². The Bertz CT molecular complexity index is 430. The summed E-state index contributed by atoms with van der Waals surface area (Å²) in [6, 6.07) is 0. The van der Waals surface area contributed by atoms with Crippen molar-refractivity contribution < 1.29 is 4.79 Å². The average molecular weight is 310 g/mol. The Hall–Kier alpha value is -0.760. The fourth-order valence-electron chi connectivity index (χ4n) is 3.42. The number of amides is 1. The highest BCUT2D eigenvalue weighted by atomic mass is 35.5. The van der Waals surface area contributed by atoms with Crippen LogP contribution in [0, 0.1) is 11.3 Å². The average Bonchev–Trinajstić information content (AvgIpc) is 2.46. The van der Waals surface area contributed by atoms with E-state index in [-0.39, 0.29) is 11.3 Å².